The number of amides is 5. The fourth-order valence-corrected chi connectivity index (χ4v) is 6.15. The monoisotopic (exact) mass is 723 g/mol. The molecule has 5 atom stereocenters. The second-order valence-electron chi connectivity index (χ2n) is 13.5. The third-order valence-corrected chi connectivity index (χ3v) is 8.85. The number of hydrogen-bond donors (Lipinski definition) is 8. The Balaban J connectivity index is 1.76. The Morgan fingerprint density at radius 3 is 2.02 bits per heavy atom. The van der Waals surface area contributed by atoms with Crippen molar-refractivity contribution in [3.05, 3.63) is 65.7 Å². The van der Waals surface area contributed by atoms with Crippen LogP contribution in [0.15, 0.2) is 54.6 Å². The van der Waals surface area contributed by atoms with Crippen molar-refractivity contribution in [3.63, 3.8) is 0 Å². The normalized spacial score (nSPS) is 16.3. The van der Waals surface area contributed by atoms with Gasteiger partial charge in [0.2, 0.25) is 29.5 Å². The van der Waals surface area contributed by atoms with Crippen LogP contribution in [0.25, 0.3) is 0 Å². The predicted octanol–water partition coefficient (Wildman–Crippen LogP) is 0.326. The molecule has 284 valence electrons. The maximum absolute atomic E-state index is 13.8. The van der Waals surface area contributed by atoms with Gasteiger partial charge in [0.1, 0.15) is 36.0 Å². The van der Waals surface area contributed by atoms with Crippen molar-refractivity contribution in [3.8, 4) is 5.75 Å². The number of aromatic hydroxyl groups is 1. The van der Waals surface area contributed by atoms with E-state index in [1.165, 1.54) is 17.0 Å². The standard InChI is InChI=1S/C37H53N7O8/c1-23(2)19-28(34(48)41-27(11-6-7-17-38)33(47)43-30(37(51)52)21-24-9-4-3-5-10-24)42-35(49)31-12-8-18-44(31)36(50)29(40-32(46)22-39)20-25-13-15-26(45)16-14-25/h3-5,9-10,13-16,23,27-31,45H,6-8,11-12,17-22,38-39H2,1-2H3,(H,40,46)(H,41,48)(H,42,49)(H,43,47)(H,51,52)/t27-,28-,29-,30-,31-/m0/s1. The van der Waals surface area contributed by atoms with Crippen molar-refractivity contribution in [1.82, 2.24) is 26.2 Å². The number of phenolic OH excluding ortho intramolecular Hbond substituents is 1. The van der Waals surface area contributed by atoms with Crippen LogP contribution < -0.4 is 32.7 Å². The van der Waals surface area contributed by atoms with Gasteiger partial charge in [0.25, 0.3) is 0 Å². The molecule has 3 rings (SSSR count). The van der Waals surface area contributed by atoms with Crippen molar-refractivity contribution < 1.29 is 39.0 Å². The van der Waals surface area contributed by atoms with Gasteiger partial charge in [0.15, 0.2) is 0 Å². The third-order valence-electron chi connectivity index (χ3n) is 8.85. The van der Waals surface area contributed by atoms with Crippen LogP contribution in [0, 0.1) is 5.92 Å². The number of nitrogens with one attached hydrogen (secondary N) is 4. The van der Waals surface area contributed by atoms with E-state index in [1.54, 1.807) is 42.5 Å². The number of carbonyl (C=O) groups excluding carboxylic acids is 5. The van der Waals surface area contributed by atoms with Crippen LogP contribution in [0.2, 0.25) is 0 Å². The van der Waals surface area contributed by atoms with Gasteiger partial charge in [0, 0.05) is 19.4 Å². The molecule has 1 fully saturated rings. The number of likely N-dealkylation sites (tertiary alicyclic amines) is 1. The fraction of sp³-hybridized carbons (Fsp3) is 0.514. The number of carboxylic acid groups (broad SMARTS) is 1. The molecule has 2 aromatic carbocycles. The zero-order valence-electron chi connectivity index (χ0n) is 29.9. The van der Waals surface area contributed by atoms with Crippen molar-refractivity contribution in [2.24, 2.45) is 17.4 Å². The van der Waals surface area contributed by atoms with E-state index < -0.39 is 65.7 Å². The average molecular weight is 724 g/mol. The van der Waals surface area contributed by atoms with Gasteiger partial charge in [-0.15, -0.1) is 0 Å². The lowest BCUT2D eigenvalue weighted by atomic mass is 10.0. The number of benzene rings is 2. The zero-order chi connectivity index (χ0) is 38.2. The van der Waals surface area contributed by atoms with E-state index in [1.807, 2.05) is 13.8 Å². The molecule has 15 heteroatoms. The number of hydrogen-bond acceptors (Lipinski definition) is 9. The molecule has 52 heavy (non-hydrogen) atoms. The molecule has 1 heterocycles. The number of phenols is 1. The first-order chi connectivity index (χ1) is 24.8. The molecule has 10 N–H and O–H groups in total. The molecular formula is C37H53N7O8. The number of aliphatic carboxylic acids is 1. The van der Waals surface area contributed by atoms with E-state index in [9.17, 15) is 39.0 Å². The second kappa shape index (κ2) is 20.7. The summed E-state index contributed by atoms with van der Waals surface area (Å²) in [5.41, 5.74) is 12.6. The van der Waals surface area contributed by atoms with Gasteiger partial charge in [-0.25, -0.2) is 4.79 Å². The van der Waals surface area contributed by atoms with Crippen LogP contribution in [0.5, 0.6) is 5.75 Å². The quantitative estimate of drug-likeness (QED) is 0.0870. The first kappa shape index (κ1) is 41.4. The lowest BCUT2D eigenvalue weighted by molar-refractivity contribution is -0.142. The van der Waals surface area contributed by atoms with Gasteiger partial charge in [-0.3, -0.25) is 24.0 Å². The molecule has 1 aliphatic rings. The van der Waals surface area contributed by atoms with E-state index in [4.69, 9.17) is 11.5 Å². The highest BCUT2D eigenvalue weighted by Crippen LogP contribution is 2.21. The lowest BCUT2D eigenvalue weighted by Gasteiger charge is -2.30. The molecule has 2 aromatic rings. The molecule has 0 spiro atoms. The Kier molecular flexibility index (Phi) is 16.5. The SMILES string of the molecule is CC(C)C[C@H](NC(=O)[C@@H]1CCCN1C(=O)[C@H](Cc1ccc(O)cc1)NC(=O)CN)C(=O)N[C@@H](CCCCN)C(=O)N[C@@H](Cc1ccccc1)C(=O)O. The summed E-state index contributed by atoms with van der Waals surface area (Å²) in [5, 5.41) is 30.3. The first-order valence-corrected chi connectivity index (χ1v) is 17.8. The van der Waals surface area contributed by atoms with Gasteiger partial charge in [-0.2, -0.15) is 0 Å². The molecule has 0 unspecified atom stereocenters. The summed E-state index contributed by atoms with van der Waals surface area (Å²) < 4.78 is 0. The predicted molar refractivity (Wildman–Crippen MR) is 193 cm³/mol. The Morgan fingerprint density at radius 2 is 1.40 bits per heavy atom. The third kappa shape index (κ3) is 12.9. The molecule has 0 saturated carbocycles. The van der Waals surface area contributed by atoms with Crippen molar-refractivity contribution in [2.45, 2.75) is 95.4 Å². The average Bonchev–Trinajstić information content (AvgIpc) is 3.61. The summed E-state index contributed by atoms with van der Waals surface area (Å²) in [6.07, 6.45) is 2.44. The van der Waals surface area contributed by atoms with Gasteiger partial charge in [-0.1, -0.05) is 56.3 Å². The van der Waals surface area contributed by atoms with Crippen LogP contribution in [-0.4, -0.2) is 100 Å². The number of rotatable bonds is 20. The Labute approximate surface area is 304 Å². The zero-order valence-corrected chi connectivity index (χ0v) is 29.9. The van der Waals surface area contributed by atoms with E-state index in [-0.39, 0.29) is 50.4 Å². The summed E-state index contributed by atoms with van der Waals surface area (Å²) in [7, 11) is 0. The summed E-state index contributed by atoms with van der Waals surface area (Å²) in [6, 6.07) is 9.67. The Morgan fingerprint density at radius 1 is 0.788 bits per heavy atom. The molecule has 1 aliphatic heterocycles. The van der Waals surface area contributed by atoms with Crippen LogP contribution in [0.4, 0.5) is 0 Å². The van der Waals surface area contributed by atoms with Gasteiger partial charge in [-0.05, 0) is 74.2 Å². The van der Waals surface area contributed by atoms with Crippen molar-refractivity contribution >= 4 is 35.5 Å². The molecule has 1 saturated heterocycles. The van der Waals surface area contributed by atoms with E-state index in [0.717, 1.165) is 0 Å². The molecule has 0 radical (unpaired) electrons. The van der Waals surface area contributed by atoms with Gasteiger partial charge in [0.05, 0.1) is 6.54 Å². The minimum absolute atomic E-state index is 0.0414. The summed E-state index contributed by atoms with van der Waals surface area (Å²) in [4.78, 5) is 80.7. The molecule has 15 nitrogen and oxygen atoms in total. The molecule has 5 amide bonds. The first-order valence-electron chi connectivity index (χ1n) is 17.8. The summed E-state index contributed by atoms with van der Waals surface area (Å²) >= 11 is 0. The molecular weight excluding hydrogens is 670 g/mol. The van der Waals surface area contributed by atoms with Crippen LogP contribution >= 0.6 is 0 Å². The number of carbonyl (C=O) groups is 6. The van der Waals surface area contributed by atoms with Crippen LogP contribution in [0.3, 0.4) is 0 Å². The fourth-order valence-electron chi connectivity index (χ4n) is 6.15. The molecule has 0 bridgehead atoms. The van der Waals surface area contributed by atoms with Gasteiger partial charge >= 0.3 is 5.97 Å². The van der Waals surface area contributed by atoms with Gasteiger partial charge < -0.3 is 47.8 Å². The highest BCUT2D eigenvalue weighted by molar-refractivity contribution is 5.96. The highest BCUT2D eigenvalue weighted by Gasteiger charge is 2.39. The van der Waals surface area contributed by atoms with Crippen molar-refractivity contribution in [1.29, 1.82) is 0 Å². The summed E-state index contributed by atoms with van der Waals surface area (Å²) in [5.74, 6) is -4.12. The molecule has 0 aromatic heterocycles. The van der Waals surface area contributed by atoms with Crippen LogP contribution in [0.1, 0.15) is 63.5 Å². The number of nitrogens with zero attached hydrogens (tertiary/aromatic N) is 1. The van der Waals surface area contributed by atoms with E-state index in [2.05, 4.69) is 21.3 Å². The Bertz CT molecular complexity index is 1510. The lowest BCUT2D eigenvalue weighted by Crippen LogP contribution is -2.59. The Hall–Kier alpha value is -5.02. The van der Waals surface area contributed by atoms with E-state index >= 15 is 0 Å². The minimum atomic E-state index is -1.24. The van der Waals surface area contributed by atoms with E-state index in [0.29, 0.717) is 43.4 Å². The minimum Gasteiger partial charge on any atom is -0.508 e. The number of unbranched alkanes of at least 4 members (excludes halogenated alkanes) is 1. The molecule has 0 aliphatic carbocycles. The largest absolute Gasteiger partial charge is 0.508 e. The number of carboxylic acids is 1. The topological polar surface area (TPSA) is 246 Å². The summed E-state index contributed by atoms with van der Waals surface area (Å²) in [6.45, 7) is 4.02. The van der Waals surface area contributed by atoms with Crippen LogP contribution in [-0.2, 0) is 41.6 Å². The second-order valence-corrected chi connectivity index (χ2v) is 13.5. The maximum atomic E-state index is 13.8. The van der Waals surface area contributed by atoms with Crippen molar-refractivity contribution in [2.75, 3.05) is 19.6 Å². The highest BCUT2D eigenvalue weighted by atomic mass is 16.4. The maximum Gasteiger partial charge on any atom is 0.326 e. The smallest absolute Gasteiger partial charge is 0.326 e. The number of nitrogens with two attached hydrogens (primary N) is 2.